The Morgan fingerprint density at radius 3 is 3.00 bits per heavy atom. The molecule has 0 spiro atoms. The van der Waals surface area contributed by atoms with E-state index in [1.807, 2.05) is 0 Å². The molecular formula is C9H10N4O2. The lowest BCUT2D eigenvalue weighted by Crippen LogP contribution is -2.03. The van der Waals surface area contributed by atoms with Gasteiger partial charge in [0.15, 0.2) is 0 Å². The van der Waals surface area contributed by atoms with Gasteiger partial charge < -0.3 is 15.1 Å². The van der Waals surface area contributed by atoms with E-state index in [1.54, 1.807) is 12.1 Å². The number of nitrogens with zero attached hydrogens (tertiary/aromatic N) is 2. The number of nitrogens with two attached hydrogens (primary N) is 1. The summed E-state index contributed by atoms with van der Waals surface area (Å²) < 4.78 is 5.29. The highest BCUT2D eigenvalue weighted by atomic mass is 16.4. The molecule has 0 aliphatic carbocycles. The standard InChI is InChI=1S/C9H10N4O2/c10-5-4-8-12-13-9(15-8)6-2-1-3-7(14)11-6/h1-3H,4-5,10H2,(H,11,14). The summed E-state index contributed by atoms with van der Waals surface area (Å²) >= 11 is 0. The maximum atomic E-state index is 11.0. The molecule has 0 amide bonds. The van der Waals surface area contributed by atoms with Crippen LogP contribution in [0.4, 0.5) is 0 Å². The first kappa shape index (κ1) is 9.60. The molecule has 0 aliphatic heterocycles. The zero-order valence-electron chi connectivity index (χ0n) is 7.93. The van der Waals surface area contributed by atoms with E-state index in [-0.39, 0.29) is 5.56 Å². The van der Waals surface area contributed by atoms with E-state index < -0.39 is 0 Å². The highest BCUT2D eigenvalue weighted by molar-refractivity contribution is 5.44. The summed E-state index contributed by atoms with van der Waals surface area (Å²) in [5, 5.41) is 7.60. The molecule has 0 unspecified atom stereocenters. The molecule has 78 valence electrons. The first-order valence-corrected chi connectivity index (χ1v) is 4.52. The molecular weight excluding hydrogens is 196 g/mol. The topological polar surface area (TPSA) is 97.8 Å². The summed E-state index contributed by atoms with van der Waals surface area (Å²) in [6, 6.07) is 4.74. The summed E-state index contributed by atoms with van der Waals surface area (Å²) in [6.07, 6.45) is 0.532. The van der Waals surface area contributed by atoms with Crippen LogP contribution in [0.1, 0.15) is 5.89 Å². The summed E-state index contributed by atoms with van der Waals surface area (Å²) in [5.74, 6) is 0.772. The number of pyridine rings is 1. The van der Waals surface area contributed by atoms with Crippen LogP contribution >= 0.6 is 0 Å². The Balaban J connectivity index is 2.33. The predicted octanol–water partition coefficient (Wildman–Crippen LogP) is -0.0739. The monoisotopic (exact) mass is 206 g/mol. The van der Waals surface area contributed by atoms with E-state index in [4.69, 9.17) is 10.2 Å². The van der Waals surface area contributed by atoms with Crippen LogP contribution in [-0.2, 0) is 6.42 Å². The van der Waals surface area contributed by atoms with Crippen molar-refractivity contribution in [1.29, 1.82) is 0 Å². The van der Waals surface area contributed by atoms with Crippen molar-refractivity contribution < 1.29 is 4.42 Å². The van der Waals surface area contributed by atoms with E-state index >= 15 is 0 Å². The number of hydrogen-bond donors (Lipinski definition) is 2. The van der Waals surface area contributed by atoms with Gasteiger partial charge in [0, 0.05) is 19.0 Å². The lowest BCUT2D eigenvalue weighted by atomic mass is 10.3. The summed E-state index contributed by atoms with van der Waals surface area (Å²) in [6.45, 7) is 0.451. The molecule has 15 heavy (non-hydrogen) atoms. The molecule has 0 atom stereocenters. The molecule has 0 aromatic carbocycles. The molecule has 6 heteroatoms. The van der Waals surface area contributed by atoms with Gasteiger partial charge in [-0.3, -0.25) is 4.79 Å². The number of nitrogens with one attached hydrogen (secondary N) is 1. The lowest BCUT2D eigenvalue weighted by molar-refractivity contribution is 0.505. The van der Waals surface area contributed by atoms with Gasteiger partial charge in [-0.05, 0) is 6.07 Å². The predicted molar refractivity (Wildman–Crippen MR) is 53.1 cm³/mol. The molecule has 0 fully saturated rings. The minimum atomic E-state index is -0.203. The van der Waals surface area contributed by atoms with Gasteiger partial charge >= 0.3 is 0 Å². The van der Waals surface area contributed by atoms with Gasteiger partial charge in [0.1, 0.15) is 5.69 Å². The van der Waals surface area contributed by atoms with E-state index in [9.17, 15) is 4.79 Å². The van der Waals surface area contributed by atoms with Crippen molar-refractivity contribution in [2.45, 2.75) is 6.42 Å². The van der Waals surface area contributed by atoms with Gasteiger partial charge in [-0.1, -0.05) is 6.07 Å². The highest BCUT2D eigenvalue weighted by Crippen LogP contribution is 2.12. The second-order valence-electron chi connectivity index (χ2n) is 2.97. The molecule has 0 saturated heterocycles. The number of H-pyrrole nitrogens is 1. The quantitative estimate of drug-likeness (QED) is 0.732. The van der Waals surface area contributed by atoms with Crippen LogP contribution in [0.15, 0.2) is 27.4 Å². The minimum Gasteiger partial charge on any atom is -0.419 e. The molecule has 2 rings (SSSR count). The van der Waals surface area contributed by atoms with Gasteiger partial charge in [0.05, 0.1) is 0 Å². The molecule has 0 bridgehead atoms. The van der Waals surface area contributed by atoms with Crippen molar-refractivity contribution in [1.82, 2.24) is 15.2 Å². The highest BCUT2D eigenvalue weighted by Gasteiger charge is 2.07. The number of rotatable bonds is 3. The normalized spacial score (nSPS) is 10.5. The van der Waals surface area contributed by atoms with Crippen molar-refractivity contribution in [3.05, 3.63) is 34.4 Å². The molecule has 6 nitrogen and oxygen atoms in total. The fraction of sp³-hybridized carbons (Fsp3) is 0.222. The largest absolute Gasteiger partial charge is 0.419 e. The van der Waals surface area contributed by atoms with Gasteiger partial charge in [0.25, 0.3) is 5.89 Å². The van der Waals surface area contributed by atoms with Crippen molar-refractivity contribution in [3.8, 4) is 11.6 Å². The van der Waals surface area contributed by atoms with Crippen LogP contribution in [0.5, 0.6) is 0 Å². The lowest BCUT2D eigenvalue weighted by Gasteiger charge is -1.92. The number of hydrogen-bond acceptors (Lipinski definition) is 5. The molecule has 3 N–H and O–H groups in total. The first-order valence-electron chi connectivity index (χ1n) is 4.52. The maximum absolute atomic E-state index is 11.0. The van der Waals surface area contributed by atoms with Crippen LogP contribution in [0.3, 0.4) is 0 Å². The van der Waals surface area contributed by atoms with Crippen molar-refractivity contribution >= 4 is 0 Å². The Bertz CT molecular complexity index is 503. The third-order valence-electron chi connectivity index (χ3n) is 1.82. The third-order valence-corrected chi connectivity index (χ3v) is 1.82. The smallest absolute Gasteiger partial charge is 0.264 e. The summed E-state index contributed by atoms with van der Waals surface area (Å²) in [5.41, 5.74) is 5.66. The molecule has 2 aromatic heterocycles. The average Bonchev–Trinajstić information content (AvgIpc) is 2.67. The van der Waals surface area contributed by atoms with Crippen LogP contribution in [0, 0.1) is 0 Å². The Morgan fingerprint density at radius 1 is 1.40 bits per heavy atom. The Hall–Kier alpha value is -1.95. The van der Waals surface area contributed by atoms with E-state index in [1.165, 1.54) is 6.07 Å². The summed E-state index contributed by atoms with van der Waals surface area (Å²) in [4.78, 5) is 13.6. The van der Waals surface area contributed by atoms with Crippen LogP contribution < -0.4 is 11.3 Å². The number of aromatic amines is 1. The van der Waals surface area contributed by atoms with Crippen LogP contribution in [-0.4, -0.2) is 21.7 Å². The minimum absolute atomic E-state index is 0.203. The fourth-order valence-corrected chi connectivity index (χ4v) is 1.16. The van der Waals surface area contributed by atoms with Crippen molar-refractivity contribution in [2.24, 2.45) is 5.73 Å². The second-order valence-corrected chi connectivity index (χ2v) is 2.97. The van der Waals surface area contributed by atoms with Gasteiger partial charge in [-0.2, -0.15) is 0 Å². The Morgan fingerprint density at radius 2 is 2.27 bits per heavy atom. The van der Waals surface area contributed by atoms with Gasteiger partial charge in [-0.25, -0.2) is 0 Å². The maximum Gasteiger partial charge on any atom is 0.264 e. The zero-order valence-corrected chi connectivity index (χ0v) is 7.93. The van der Waals surface area contributed by atoms with E-state index in [2.05, 4.69) is 15.2 Å². The molecule has 0 aliphatic rings. The van der Waals surface area contributed by atoms with Gasteiger partial charge in [-0.15, -0.1) is 10.2 Å². The Labute approximate surface area is 85.1 Å². The summed E-state index contributed by atoms with van der Waals surface area (Å²) in [7, 11) is 0. The molecule has 0 saturated carbocycles. The SMILES string of the molecule is NCCc1nnc(-c2cccc(=O)[nH]2)o1. The molecule has 2 aromatic rings. The number of aromatic nitrogens is 3. The van der Waals surface area contributed by atoms with Crippen LogP contribution in [0.25, 0.3) is 11.6 Å². The van der Waals surface area contributed by atoms with Crippen LogP contribution in [0.2, 0.25) is 0 Å². The van der Waals surface area contributed by atoms with Crippen molar-refractivity contribution in [2.75, 3.05) is 6.54 Å². The van der Waals surface area contributed by atoms with Gasteiger partial charge in [0.2, 0.25) is 11.4 Å². The van der Waals surface area contributed by atoms with E-state index in [0.717, 1.165) is 0 Å². The second kappa shape index (κ2) is 4.05. The average molecular weight is 206 g/mol. The van der Waals surface area contributed by atoms with Crippen molar-refractivity contribution in [3.63, 3.8) is 0 Å². The third kappa shape index (κ3) is 2.10. The first-order chi connectivity index (χ1) is 7.29. The Kier molecular flexibility index (Phi) is 2.59. The molecule has 2 heterocycles. The van der Waals surface area contributed by atoms with E-state index in [0.29, 0.717) is 30.4 Å². The molecule has 0 radical (unpaired) electrons. The zero-order chi connectivity index (χ0) is 10.7. The fourth-order valence-electron chi connectivity index (χ4n) is 1.16.